The minimum Gasteiger partial charge on any atom is -0.368 e. The van der Waals surface area contributed by atoms with Crippen molar-refractivity contribution in [2.75, 3.05) is 31.1 Å². The Morgan fingerprint density at radius 1 is 1.04 bits per heavy atom. The molecular weight excluding hydrogens is 390 g/mol. The molecule has 1 fully saturated rings. The van der Waals surface area contributed by atoms with Crippen LogP contribution < -0.4 is 4.90 Å². The van der Waals surface area contributed by atoms with Gasteiger partial charge in [0.2, 0.25) is 0 Å². The second kappa shape index (κ2) is 7.94. The number of benzene rings is 2. The zero-order valence-corrected chi connectivity index (χ0v) is 17.6. The highest BCUT2D eigenvalue weighted by atomic mass is 35.5. The first-order valence-corrected chi connectivity index (χ1v) is 10.5. The summed E-state index contributed by atoms with van der Waals surface area (Å²) >= 11 is 7.54. The van der Waals surface area contributed by atoms with Gasteiger partial charge in [-0.15, -0.1) is 11.3 Å². The Morgan fingerprint density at radius 2 is 1.79 bits per heavy atom. The Morgan fingerprint density at radius 3 is 2.50 bits per heavy atom. The number of piperazine rings is 1. The maximum atomic E-state index is 13.1. The second-order valence-electron chi connectivity index (χ2n) is 7.06. The second-order valence-corrected chi connectivity index (χ2v) is 8.50. The van der Waals surface area contributed by atoms with E-state index >= 15 is 0 Å². The molecule has 0 N–H and O–H groups in total. The molecule has 0 bridgehead atoms. The fourth-order valence-corrected chi connectivity index (χ4v) is 4.70. The third kappa shape index (κ3) is 3.91. The van der Waals surface area contributed by atoms with Crippen molar-refractivity contribution >= 4 is 34.5 Å². The Balaban J connectivity index is 1.47. The van der Waals surface area contributed by atoms with Crippen molar-refractivity contribution in [2.45, 2.75) is 13.8 Å². The summed E-state index contributed by atoms with van der Waals surface area (Å²) in [7, 11) is 0. The molecule has 1 aromatic heterocycles. The van der Waals surface area contributed by atoms with E-state index < -0.39 is 0 Å². The lowest BCUT2D eigenvalue weighted by molar-refractivity contribution is 0.0750. The van der Waals surface area contributed by atoms with E-state index in [0.717, 1.165) is 47.3 Å². The topological polar surface area (TPSA) is 36.4 Å². The first-order chi connectivity index (χ1) is 13.5. The molecule has 1 saturated heterocycles. The van der Waals surface area contributed by atoms with Crippen molar-refractivity contribution in [3.8, 4) is 10.6 Å². The molecule has 4 nitrogen and oxygen atoms in total. The zero-order valence-electron chi connectivity index (χ0n) is 16.0. The number of amides is 1. The van der Waals surface area contributed by atoms with Gasteiger partial charge in [-0.05, 0) is 43.7 Å². The number of aromatic nitrogens is 1. The molecule has 1 aliphatic heterocycles. The van der Waals surface area contributed by atoms with Crippen LogP contribution in [0.25, 0.3) is 10.6 Å². The predicted octanol–water partition coefficient (Wildman–Crippen LogP) is 5.04. The maximum Gasteiger partial charge on any atom is 0.265 e. The van der Waals surface area contributed by atoms with Crippen LogP contribution in [0.1, 0.15) is 20.9 Å². The first-order valence-electron chi connectivity index (χ1n) is 9.35. The van der Waals surface area contributed by atoms with Crippen molar-refractivity contribution in [2.24, 2.45) is 0 Å². The van der Waals surface area contributed by atoms with Gasteiger partial charge < -0.3 is 9.80 Å². The number of thiazole rings is 1. The molecule has 144 valence electrons. The lowest BCUT2D eigenvalue weighted by Gasteiger charge is -2.36. The minimum absolute atomic E-state index is 0.0761. The van der Waals surface area contributed by atoms with Crippen molar-refractivity contribution < 1.29 is 4.79 Å². The first kappa shape index (κ1) is 19.0. The SMILES string of the molecule is Cc1cccc(N2CCN(C(=O)c3sc(-c4cccc(Cl)c4)nc3C)CC2)c1. The third-order valence-electron chi connectivity index (χ3n) is 5.00. The summed E-state index contributed by atoms with van der Waals surface area (Å²) < 4.78 is 0. The fourth-order valence-electron chi connectivity index (χ4n) is 3.48. The van der Waals surface area contributed by atoms with Gasteiger partial charge in [-0.2, -0.15) is 0 Å². The van der Waals surface area contributed by atoms with Crippen LogP contribution in [0, 0.1) is 13.8 Å². The van der Waals surface area contributed by atoms with Crippen LogP contribution in [0.3, 0.4) is 0 Å². The molecule has 28 heavy (non-hydrogen) atoms. The smallest absolute Gasteiger partial charge is 0.265 e. The molecule has 0 radical (unpaired) electrons. The van der Waals surface area contributed by atoms with Crippen molar-refractivity contribution in [1.82, 2.24) is 9.88 Å². The molecule has 2 aromatic carbocycles. The fraction of sp³-hybridized carbons (Fsp3) is 0.273. The maximum absolute atomic E-state index is 13.1. The van der Waals surface area contributed by atoms with E-state index in [-0.39, 0.29) is 5.91 Å². The molecular formula is C22H22ClN3OS. The number of carbonyl (C=O) groups is 1. The highest BCUT2D eigenvalue weighted by Crippen LogP contribution is 2.30. The van der Waals surface area contributed by atoms with Crippen LogP contribution in [0.5, 0.6) is 0 Å². The lowest BCUT2D eigenvalue weighted by atomic mass is 10.2. The largest absolute Gasteiger partial charge is 0.368 e. The summed E-state index contributed by atoms with van der Waals surface area (Å²) in [4.78, 5) is 22.7. The molecule has 3 aromatic rings. The Kier molecular flexibility index (Phi) is 5.38. The van der Waals surface area contributed by atoms with Crippen molar-refractivity contribution in [1.29, 1.82) is 0 Å². The van der Waals surface area contributed by atoms with E-state index in [2.05, 4.69) is 41.1 Å². The van der Waals surface area contributed by atoms with Gasteiger partial charge in [0.1, 0.15) is 9.88 Å². The summed E-state index contributed by atoms with van der Waals surface area (Å²) in [6, 6.07) is 16.1. The van der Waals surface area contributed by atoms with Gasteiger partial charge in [0.05, 0.1) is 5.69 Å². The van der Waals surface area contributed by atoms with E-state index in [9.17, 15) is 4.79 Å². The zero-order chi connectivity index (χ0) is 19.7. The predicted molar refractivity (Wildman–Crippen MR) is 117 cm³/mol. The summed E-state index contributed by atoms with van der Waals surface area (Å²) in [6.07, 6.45) is 0. The average molecular weight is 412 g/mol. The molecule has 0 unspecified atom stereocenters. The van der Waals surface area contributed by atoms with Gasteiger partial charge in [-0.3, -0.25) is 4.79 Å². The van der Waals surface area contributed by atoms with E-state index in [1.165, 1.54) is 22.6 Å². The van der Waals surface area contributed by atoms with Crippen molar-refractivity contribution in [3.05, 3.63) is 69.7 Å². The quantitative estimate of drug-likeness (QED) is 0.605. The van der Waals surface area contributed by atoms with Gasteiger partial charge in [0.25, 0.3) is 5.91 Å². The number of anilines is 1. The number of aryl methyl sites for hydroxylation is 2. The van der Waals surface area contributed by atoms with Crippen LogP contribution in [-0.4, -0.2) is 42.0 Å². The molecule has 0 saturated carbocycles. The van der Waals surface area contributed by atoms with Crippen LogP contribution in [0.4, 0.5) is 5.69 Å². The normalized spacial score (nSPS) is 14.4. The number of hydrogen-bond acceptors (Lipinski definition) is 4. The van der Waals surface area contributed by atoms with E-state index in [1.54, 1.807) is 0 Å². The van der Waals surface area contributed by atoms with E-state index in [0.29, 0.717) is 5.02 Å². The van der Waals surface area contributed by atoms with E-state index in [4.69, 9.17) is 11.6 Å². The number of nitrogens with zero attached hydrogens (tertiary/aromatic N) is 3. The molecule has 4 rings (SSSR count). The van der Waals surface area contributed by atoms with Crippen LogP contribution in [-0.2, 0) is 0 Å². The van der Waals surface area contributed by atoms with Gasteiger partial charge >= 0.3 is 0 Å². The molecule has 6 heteroatoms. The number of hydrogen-bond donors (Lipinski definition) is 0. The van der Waals surface area contributed by atoms with Crippen molar-refractivity contribution in [3.63, 3.8) is 0 Å². The summed E-state index contributed by atoms with van der Waals surface area (Å²) in [5.74, 6) is 0.0761. The monoisotopic (exact) mass is 411 g/mol. The highest BCUT2D eigenvalue weighted by molar-refractivity contribution is 7.17. The number of halogens is 1. The Bertz CT molecular complexity index is 1010. The Hall–Kier alpha value is -2.37. The Labute approximate surface area is 174 Å². The van der Waals surface area contributed by atoms with Gasteiger partial charge in [-0.1, -0.05) is 35.9 Å². The van der Waals surface area contributed by atoms with Crippen LogP contribution in [0.15, 0.2) is 48.5 Å². The van der Waals surface area contributed by atoms with Crippen LogP contribution >= 0.6 is 22.9 Å². The lowest BCUT2D eigenvalue weighted by Crippen LogP contribution is -2.48. The molecule has 1 amide bonds. The van der Waals surface area contributed by atoms with Gasteiger partial charge in [-0.25, -0.2) is 4.98 Å². The summed E-state index contributed by atoms with van der Waals surface area (Å²) in [5.41, 5.74) is 4.21. The minimum atomic E-state index is 0.0761. The van der Waals surface area contributed by atoms with Gasteiger partial charge in [0.15, 0.2) is 0 Å². The highest BCUT2D eigenvalue weighted by Gasteiger charge is 2.26. The standard InChI is InChI=1S/C22H22ClN3OS/c1-15-5-3-8-19(13-15)25-9-11-26(12-10-25)22(27)20-16(2)24-21(28-20)17-6-4-7-18(23)14-17/h3-8,13-14H,9-12H2,1-2H3. The summed E-state index contributed by atoms with van der Waals surface area (Å²) in [5, 5.41) is 1.51. The molecule has 0 spiro atoms. The van der Waals surface area contributed by atoms with Crippen LogP contribution in [0.2, 0.25) is 5.02 Å². The average Bonchev–Trinajstić information content (AvgIpc) is 3.09. The van der Waals surface area contributed by atoms with Gasteiger partial charge in [0, 0.05) is 42.5 Å². The number of rotatable bonds is 3. The molecule has 0 atom stereocenters. The summed E-state index contributed by atoms with van der Waals surface area (Å²) in [6.45, 7) is 7.13. The third-order valence-corrected chi connectivity index (χ3v) is 6.43. The molecule has 0 aliphatic carbocycles. The van der Waals surface area contributed by atoms with E-state index in [1.807, 2.05) is 36.1 Å². The number of carbonyl (C=O) groups excluding carboxylic acids is 1. The molecule has 2 heterocycles. The molecule has 1 aliphatic rings.